The fourth-order valence-corrected chi connectivity index (χ4v) is 0.522. The molecule has 0 spiro atoms. The van der Waals surface area contributed by atoms with Crippen molar-refractivity contribution in [3.05, 3.63) is 22.7 Å². The highest BCUT2D eigenvalue weighted by Crippen LogP contribution is 2.07. The molecule has 0 unspecified atom stereocenters. The van der Waals surface area contributed by atoms with Gasteiger partial charge < -0.3 is 4.98 Å². The first kappa shape index (κ1) is 5.68. The topological polar surface area (TPSA) is 62.3 Å². The van der Waals surface area contributed by atoms with Gasteiger partial charge in [-0.3, -0.25) is 4.79 Å². The number of H-pyrrole nitrogens is 1. The molecule has 0 atom stereocenters. The van der Waals surface area contributed by atoms with Crippen LogP contribution in [-0.2, 0) is 0 Å². The number of aromatic nitrogens is 1. The molecule has 0 saturated carbocycles. The molecule has 4 heteroatoms. The van der Waals surface area contributed by atoms with E-state index in [1.54, 1.807) is 0 Å². The molecule has 9 heavy (non-hydrogen) atoms. The molecule has 0 aliphatic heterocycles. The minimum atomic E-state index is 0.178. The van der Waals surface area contributed by atoms with Crippen LogP contribution in [0, 0.1) is 4.91 Å². The number of carbonyl (C=O) groups is 1. The summed E-state index contributed by atoms with van der Waals surface area (Å²) < 4.78 is 0. The zero-order chi connectivity index (χ0) is 6.69. The van der Waals surface area contributed by atoms with Gasteiger partial charge in [0.15, 0.2) is 12.1 Å². The summed E-state index contributed by atoms with van der Waals surface area (Å²) in [5.41, 5.74) is 0.365. The lowest BCUT2D eigenvalue weighted by molar-refractivity contribution is 0.111. The van der Waals surface area contributed by atoms with E-state index in [1.807, 2.05) is 0 Å². The third-order valence-electron chi connectivity index (χ3n) is 0.918. The monoisotopic (exact) mass is 124 g/mol. The number of aldehydes is 1. The summed E-state index contributed by atoms with van der Waals surface area (Å²) in [4.78, 5) is 22.2. The smallest absolute Gasteiger partial charge is 0.175 e. The Labute approximate surface area is 50.9 Å². The first-order valence-electron chi connectivity index (χ1n) is 2.34. The van der Waals surface area contributed by atoms with Crippen molar-refractivity contribution in [2.75, 3.05) is 0 Å². The quantitative estimate of drug-likeness (QED) is 0.476. The van der Waals surface area contributed by atoms with Crippen molar-refractivity contribution in [3.8, 4) is 0 Å². The maximum atomic E-state index is 9.96. The molecule has 0 radical (unpaired) electrons. The van der Waals surface area contributed by atoms with Crippen LogP contribution >= 0.6 is 0 Å². The Morgan fingerprint density at radius 1 is 1.56 bits per heavy atom. The number of nitrogens with zero attached hydrogens (tertiary/aromatic N) is 1. The maximum absolute atomic E-state index is 9.96. The van der Waals surface area contributed by atoms with Crippen molar-refractivity contribution >= 4 is 12.1 Å². The Bertz CT molecular complexity index is 206. The van der Waals surface area contributed by atoms with E-state index in [2.05, 4.69) is 10.2 Å². The van der Waals surface area contributed by atoms with Gasteiger partial charge >= 0.3 is 0 Å². The minimum Gasteiger partial charge on any atom is -0.335 e. The van der Waals surface area contributed by atoms with Crippen LogP contribution in [0.3, 0.4) is 0 Å². The summed E-state index contributed by atoms with van der Waals surface area (Å²) in [5, 5.41) is 2.57. The molecule has 1 heterocycles. The van der Waals surface area contributed by atoms with E-state index in [0.717, 1.165) is 0 Å². The first-order valence-corrected chi connectivity index (χ1v) is 2.34. The van der Waals surface area contributed by atoms with E-state index < -0.39 is 0 Å². The molecule has 0 aliphatic carbocycles. The molecule has 0 amide bonds. The van der Waals surface area contributed by atoms with Crippen LogP contribution in [0.4, 0.5) is 5.82 Å². The van der Waals surface area contributed by atoms with Crippen LogP contribution in [-0.4, -0.2) is 11.3 Å². The average molecular weight is 124 g/mol. The molecule has 0 bridgehead atoms. The third-order valence-corrected chi connectivity index (χ3v) is 0.918. The van der Waals surface area contributed by atoms with Gasteiger partial charge in [-0.15, -0.1) is 4.91 Å². The molecule has 1 N–H and O–H groups in total. The standard InChI is InChI=1S/C5H4N2O2/c8-3-4-1-2-5(6-4)7-9/h1-3,6H. The highest BCUT2D eigenvalue weighted by atomic mass is 16.3. The number of hydrogen-bond donors (Lipinski definition) is 1. The van der Waals surface area contributed by atoms with Crippen LogP contribution in [0.15, 0.2) is 17.3 Å². The summed E-state index contributed by atoms with van der Waals surface area (Å²) in [7, 11) is 0. The Morgan fingerprint density at radius 3 is 2.67 bits per heavy atom. The summed E-state index contributed by atoms with van der Waals surface area (Å²) in [5.74, 6) is 0.178. The Hall–Kier alpha value is -1.45. The van der Waals surface area contributed by atoms with Gasteiger partial charge in [0, 0.05) is 0 Å². The summed E-state index contributed by atoms with van der Waals surface area (Å²) in [6.07, 6.45) is 0.620. The average Bonchev–Trinajstić information content (AvgIpc) is 2.34. The van der Waals surface area contributed by atoms with E-state index in [1.165, 1.54) is 12.1 Å². The molecule has 0 aliphatic rings. The molecule has 1 aromatic rings. The van der Waals surface area contributed by atoms with Crippen molar-refractivity contribution in [1.29, 1.82) is 0 Å². The van der Waals surface area contributed by atoms with Crippen molar-refractivity contribution in [1.82, 2.24) is 4.98 Å². The van der Waals surface area contributed by atoms with E-state index in [0.29, 0.717) is 12.0 Å². The Kier molecular flexibility index (Phi) is 1.40. The predicted molar refractivity (Wildman–Crippen MR) is 31.6 cm³/mol. The minimum absolute atomic E-state index is 0.178. The van der Waals surface area contributed by atoms with Crippen molar-refractivity contribution in [2.24, 2.45) is 5.18 Å². The molecular formula is C5H4N2O2. The molecule has 0 aromatic carbocycles. The second kappa shape index (κ2) is 2.21. The normalized spacial score (nSPS) is 8.89. The number of hydrogen-bond acceptors (Lipinski definition) is 3. The van der Waals surface area contributed by atoms with Crippen LogP contribution in [0.1, 0.15) is 10.5 Å². The number of aromatic amines is 1. The van der Waals surface area contributed by atoms with Crippen LogP contribution in [0.25, 0.3) is 0 Å². The second-order valence-corrected chi connectivity index (χ2v) is 1.51. The zero-order valence-electron chi connectivity index (χ0n) is 4.50. The molecule has 1 aromatic heterocycles. The van der Waals surface area contributed by atoms with Gasteiger partial charge in [-0.25, -0.2) is 0 Å². The Morgan fingerprint density at radius 2 is 2.33 bits per heavy atom. The molecule has 1 rings (SSSR count). The van der Waals surface area contributed by atoms with Gasteiger partial charge in [0.1, 0.15) is 0 Å². The van der Waals surface area contributed by atoms with Gasteiger partial charge in [0.25, 0.3) is 0 Å². The lowest BCUT2D eigenvalue weighted by Crippen LogP contribution is -1.73. The van der Waals surface area contributed by atoms with Crippen LogP contribution in [0.5, 0.6) is 0 Å². The number of nitroso groups, excluding NO2 is 1. The molecule has 0 fully saturated rings. The lowest BCUT2D eigenvalue weighted by atomic mass is 10.5. The van der Waals surface area contributed by atoms with E-state index >= 15 is 0 Å². The van der Waals surface area contributed by atoms with E-state index in [4.69, 9.17) is 0 Å². The largest absolute Gasteiger partial charge is 0.335 e. The zero-order valence-corrected chi connectivity index (χ0v) is 4.50. The fourth-order valence-electron chi connectivity index (χ4n) is 0.522. The fraction of sp³-hybridized carbons (Fsp3) is 0. The van der Waals surface area contributed by atoms with Gasteiger partial charge in [-0.05, 0) is 17.3 Å². The number of nitrogens with one attached hydrogen (secondary N) is 1. The number of rotatable bonds is 2. The van der Waals surface area contributed by atoms with Crippen LogP contribution < -0.4 is 0 Å². The SMILES string of the molecule is O=Cc1ccc(N=O)[nH]1. The first-order chi connectivity index (χ1) is 4.36. The predicted octanol–water partition coefficient (Wildman–Crippen LogP) is 1.23. The molecule has 4 nitrogen and oxygen atoms in total. The maximum Gasteiger partial charge on any atom is 0.175 e. The van der Waals surface area contributed by atoms with Crippen molar-refractivity contribution in [3.63, 3.8) is 0 Å². The molecule has 46 valence electrons. The van der Waals surface area contributed by atoms with Gasteiger partial charge in [0.05, 0.1) is 5.69 Å². The van der Waals surface area contributed by atoms with Crippen LogP contribution in [0.2, 0.25) is 0 Å². The lowest BCUT2D eigenvalue weighted by Gasteiger charge is -1.75. The van der Waals surface area contributed by atoms with Crippen molar-refractivity contribution < 1.29 is 4.79 Å². The van der Waals surface area contributed by atoms with Gasteiger partial charge in [0.2, 0.25) is 0 Å². The van der Waals surface area contributed by atoms with E-state index in [9.17, 15) is 9.70 Å². The highest BCUT2D eigenvalue weighted by molar-refractivity contribution is 5.73. The van der Waals surface area contributed by atoms with Crippen molar-refractivity contribution in [2.45, 2.75) is 0 Å². The highest BCUT2D eigenvalue weighted by Gasteiger charge is 1.93. The summed E-state index contributed by atoms with van der Waals surface area (Å²) in [6.45, 7) is 0. The molecule has 0 saturated heterocycles. The van der Waals surface area contributed by atoms with Gasteiger partial charge in [-0.2, -0.15) is 0 Å². The third kappa shape index (κ3) is 1.02. The summed E-state index contributed by atoms with van der Waals surface area (Å²) in [6, 6.07) is 2.93. The van der Waals surface area contributed by atoms with E-state index in [-0.39, 0.29) is 5.82 Å². The molecular weight excluding hydrogens is 120 g/mol. The second-order valence-electron chi connectivity index (χ2n) is 1.51. The Balaban J connectivity index is 2.98. The number of carbonyl (C=O) groups excluding carboxylic acids is 1. The summed E-state index contributed by atoms with van der Waals surface area (Å²) >= 11 is 0. The van der Waals surface area contributed by atoms with Gasteiger partial charge in [-0.1, -0.05) is 0 Å².